The fraction of sp³-hybridized carbons (Fsp3) is 0.292. The topological polar surface area (TPSA) is 110 Å². The van der Waals surface area contributed by atoms with Crippen molar-refractivity contribution in [1.29, 1.82) is 0 Å². The minimum absolute atomic E-state index is 0.0147. The van der Waals surface area contributed by atoms with Crippen LogP contribution in [0.25, 0.3) is 16.7 Å². The van der Waals surface area contributed by atoms with Gasteiger partial charge in [0.05, 0.1) is 16.7 Å². The van der Waals surface area contributed by atoms with Crippen molar-refractivity contribution in [1.82, 2.24) is 24.5 Å². The van der Waals surface area contributed by atoms with Gasteiger partial charge in [-0.2, -0.15) is 0 Å². The van der Waals surface area contributed by atoms with Gasteiger partial charge in [0, 0.05) is 23.8 Å². The monoisotopic (exact) mass is 496 g/mol. The molecule has 35 heavy (non-hydrogen) atoms. The third-order valence-electron chi connectivity index (χ3n) is 5.14. The lowest BCUT2D eigenvalue weighted by Gasteiger charge is -2.13. The number of anilines is 1. The van der Waals surface area contributed by atoms with Crippen molar-refractivity contribution in [2.75, 3.05) is 11.1 Å². The first-order valence-electron chi connectivity index (χ1n) is 11.2. The maximum Gasteiger partial charge on any atom is 0.262 e. The van der Waals surface area contributed by atoms with Gasteiger partial charge in [-0.25, -0.2) is 4.39 Å². The first kappa shape index (κ1) is 24.4. The number of hydrogen-bond acceptors (Lipinski definition) is 6. The van der Waals surface area contributed by atoms with Gasteiger partial charge in [0.25, 0.3) is 11.5 Å². The number of fused-ring (bicyclic) bond motifs is 3. The molecule has 2 aromatic heterocycles. The lowest BCUT2D eigenvalue weighted by atomic mass is 10.1. The molecule has 4 rings (SSSR count). The highest BCUT2D eigenvalue weighted by Gasteiger charge is 2.19. The molecule has 0 aliphatic rings. The quantitative estimate of drug-likeness (QED) is 0.362. The molecule has 0 aliphatic heterocycles. The van der Waals surface area contributed by atoms with Crippen LogP contribution in [-0.2, 0) is 11.3 Å². The van der Waals surface area contributed by atoms with E-state index in [1.54, 1.807) is 33.2 Å². The summed E-state index contributed by atoms with van der Waals surface area (Å²) >= 11 is 1.13. The third-order valence-corrected chi connectivity index (χ3v) is 6.07. The van der Waals surface area contributed by atoms with Crippen LogP contribution in [-0.4, -0.2) is 42.8 Å². The Bertz CT molecular complexity index is 1480. The molecule has 0 aliphatic carbocycles. The number of carbonyl (C=O) groups is 2. The number of nitrogens with zero attached hydrogens (tertiary/aromatic N) is 4. The molecular formula is C24H25FN6O3S. The molecule has 4 aromatic rings. The molecule has 0 atom stereocenters. The van der Waals surface area contributed by atoms with E-state index in [-0.39, 0.29) is 29.2 Å². The molecule has 2 aromatic carbocycles. The second-order valence-electron chi connectivity index (χ2n) is 8.28. The van der Waals surface area contributed by atoms with Crippen molar-refractivity contribution >= 4 is 45.9 Å². The van der Waals surface area contributed by atoms with Gasteiger partial charge < -0.3 is 10.6 Å². The molecule has 0 saturated heterocycles. The van der Waals surface area contributed by atoms with Crippen LogP contribution in [0.3, 0.4) is 0 Å². The Balaban J connectivity index is 1.73. The fourth-order valence-electron chi connectivity index (χ4n) is 3.68. The third kappa shape index (κ3) is 5.19. The van der Waals surface area contributed by atoms with Crippen LogP contribution in [0.4, 0.5) is 10.1 Å². The summed E-state index contributed by atoms with van der Waals surface area (Å²) in [6.45, 7) is 6.12. The molecule has 0 saturated carbocycles. The second-order valence-corrected chi connectivity index (χ2v) is 9.22. The van der Waals surface area contributed by atoms with E-state index in [2.05, 4.69) is 20.8 Å². The zero-order chi connectivity index (χ0) is 25.1. The standard InChI is InChI=1S/C24H25FN6O3S/c1-4-10-30-22(34)18-9-8-15(21(33)26-14(2)3)11-19(18)31-23(30)28-29-24(31)35-13-20(32)27-17-7-5-6-16(25)12-17/h5-9,11-12,14H,4,10,13H2,1-3H3,(H,26,33)(H,27,32). The van der Waals surface area contributed by atoms with Gasteiger partial charge in [-0.15, -0.1) is 10.2 Å². The van der Waals surface area contributed by atoms with Crippen molar-refractivity contribution in [2.45, 2.75) is 44.9 Å². The van der Waals surface area contributed by atoms with Crippen LogP contribution in [0.2, 0.25) is 0 Å². The van der Waals surface area contributed by atoms with Crippen LogP contribution in [0.5, 0.6) is 0 Å². The van der Waals surface area contributed by atoms with Gasteiger partial charge in [0.1, 0.15) is 5.82 Å². The van der Waals surface area contributed by atoms with E-state index in [0.717, 1.165) is 11.8 Å². The molecule has 2 amide bonds. The number of aryl methyl sites for hydroxylation is 1. The zero-order valence-corrected chi connectivity index (χ0v) is 20.4. The van der Waals surface area contributed by atoms with Gasteiger partial charge in [-0.3, -0.25) is 23.4 Å². The normalized spacial score (nSPS) is 11.3. The highest BCUT2D eigenvalue weighted by atomic mass is 32.2. The second kappa shape index (κ2) is 10.3. The molecule has 0 unspecified atom stereocenters. The van der Waals surface area contributed by atoms with Crippen LogP contribution in [0.15, 0.2) is 52.4 Å². The van der Waals surface area contributed by atoms with E-state index in [0.29, 0.717) is 46.1 Å². The largest absolute Gasteiger partial charge is 0.350 e. The molecule has 0 radical (unpaired) electrons. The number of rotatable bonds is 8. The van der Waals surface area contributed by atoms with Crippen molar-refractivity contribution in [2.24, 2.45) is 0 Å². The molecule has 2 N–H and O–H groups in total. The average Bonchev–Trinajstić information content (AvgIpc) is 3.23. The van der Waals surface area contributed by atoms with E-state index < -0.39 is 5.82 Å². The summed E-state index contributed by atoms with van der Waals surface area (Å²) in [7, 11) is 0. The Morgan fingerprint density at radius 2 is 1.94 bits per heavy atom. The fourth-order valence-corrected chi connectivity index (χ4v) is 4.42. The predicted octanol–water partition coefficient (Wildman–Crippen LogP) is 3.46. The number of thioether (sulfide) groups is 1. The maximum absolute atomic E-state index is 13.4. The summed E-state index contributed by atoms with van der Waals surface area (Å²) in [5.74, 6) is -0.736. The van der Waals surface area contributed by atoms with Crippen LogP contribution in [0, 0.1) is 5.82 Å². The number of aromatic nitrogens is 4. The maximum atomic E-state index is 13.4. The first-order valence-corrected chi connectivity index (χ1v) is 12.2. The van der Waals surface area contributed by atoms with Crippen molar-refractivity contribution < 1.29 is 14.0 Å². The molecule has 11 heteroatoms. The van der Waals surface area contributed by atoms with Gasteiger partial charge in [-0.1, -0.05) is 24.8 Å². The number of carbonyl (C=O) groups excluding carboxylic acids is 2. The number of nitrogens with one attached hydrogen (secondary N) is 2. The van der Waals surface area contributed by atoms with E-state index in [4.69, 9.17) is 0 Å². The Morgan fingerprint density at radius 3 is 2.66 bits per heavy atom. The smallest absolute Gasteiger partial charge is 0.262 e. The van der Waals surface area contributed by atoms with Gasteiger partial charge >= 0.3 is 0 Å². The Labute approximate surface area is 204 Å². The van der Waals surface area contributed by atoms with E-state index in [9.17, 15) is 18.8 Å². The van der Waals surface area contributed by atoms with Crippen LogP contribution in [0.1, 0.15) is 37.6 Å². The van der Waals surface area contributed by atoms with Gasteiger partial charge in [0.15, 0.2) is 5.16 Å². The Kier molecular flexibility index (Phi) is 7.15. The molecule has 0 bridgehead atoms. The summed E-state index contributed by atoms with van der Waals surface area (Å²) in [4.78, 5) is 38.3. The van der Waals surface area contributed by atoms with Crippen molar-refractivity contribution in [3.8, 4) is 0 Å². The molecular weight excluding hydrogens is 471 g/mol. The SMILES string of the molecule is CCCn1c(=O)c2ccc(C(=O)NC(C)C)cc2n2c(SCC(=O)Nc3cccc(F)c3)nnc12. The van der Waals surface area contributed by atoms with E-state index in [1.807, 2.05) is 20.8 Å². The molecule has 2 heterocycles. The van der Waals surface area contributed by atoms with Crippen molar-refractivity contribution in [3.05, 3.63) is 64.2 Å². The Morgan fingerprint density at radius 1 is 1.14 bits per heavy atom. The number of halogens is 1. The lowest BCUT2D eigenvalue weighted by Crippen LogP contribution is -2.30. The van der Waals surface area contributed by atoms with Gasteiger partial charge in [0.2, 0.25) is 11.7 Å². The predicted molar refractivity (Wildman–Crippen MR) is 133 cm³/mol. The number of benzene rings is 2. The molecule has 0 fully saturated rings. The molecule has 9 nitrogen and oxygen atoms in total. The number of hydrogen-bond donors (Lipinski definition) is 2. The zero-order valence-electron chi connectivity index (χ0n) is 19.5. The summed E-state index contributed by atoms with van der Waals surface area (Å²) < 4.78 is 16.6. The minimum Gasteiger partial charge on any atom is -0.350 e. The number of amides is 2. The highest BCUT2D eigenvalue weighted by molar-refractivity contribution is 7.99. The summed E-state index contributed by atoms with van der Waals surface area (Å²) in [6.07, 6.45) is 0.710. The van der Waals surface area contributed by atoms with E-state index >= 15 is 0 Å². The van der Waals surface area contributed by atoms with Gasteiger partial charge in [-0.05, 0) is 56.7 Å². The van der Waals surface area contributed by atoms with Crippen LogP contribution >= 0.6 is 11.8 Å². The Hall–Kier alpha value is -3.73. The average molecular weight is 497 g/mol. The van der Waals surface area contributed by atoms with E-state index in [1.165, 1.54) is 18.2 Å². The highest BCUT2D eigenvalue weighted by Crippen LogP contribution is 2.23. The van der Waals surface area contributed by atoms with Crippen molar-refractivity contribution in [3.63, 3.8) is 0 Å². The minimum atomic E-state index is -0.448. The first-order chi connectivity index (χ1) is 16.8. The molecule has 182 valence electrons. The summed E-state index contributed by atoms with van der Waals surface area (Å²) in [6, 6.07) is 10.5. The lowest BCUT2D eigenvalue weighted by molar-refractivity contribution is -0.113. The molecule has 0 spiro atoms. The summed E-state index contributed by atoms with van der Waals surface area (Å²) in [5, 5.41) is 14.7. The summed E-state index contributed by atoms with van der Waals surface area (Å²) in [5.41, 5.74) is 1.00. The van der Waals surface area contributed by atoms with Crippen LogP contribution < -0.4 is 16.2 Å².